The SMILES string of the molecule is Cc1ccccc1CCN1CCC(CO)C1. The second-order valence-electron chi connectivity index (χ2n) is 4.81. The fourth-order valence-electron chi connectivity index (χ4n) is 2.43. The molecule has 1 heterocycles. The normalized spacial score (nSPS) is 21.5. The van der Waals surface area contributed by atoms with Gasteiger partial charge in [0.15, 0.2) is 0 Å². The van der Waals surface area contributed by atoms with E-state index in [1.54, 1.807) is 0 Å². The smallest absolute Gasteiger partial charge is 0.0471 e. The average Bonchev–Trinajstić information content (AvgIpc) is 2.76. The number of benzene rings is 1. The van der Waals surface area contributed by atoms with Crippen LogP contribution in [0.1, 0.15) is 17.5 Å². The van der Waals surface area contributed by atoms with Crippen LogP contribution >= 0.6 is 0 Å². The highest BCUT2D eigenvalue weighted by Crippen LogP contribution is 2.16. The molecule has 0 radical (unpaired) electrons. The average molecular weight is 219 g/mol. The lowest BCUT2D eigenvalue weighted by Gasteiger charge is -2.16. The molecule has 2 rings (SSSR count). The van der Waals surface area contributed by atoms with Gasteiger partial charge in [0.1, 0.15) is 0 Å². The van der Waals surface area contributed by atoms with Crippen molar-refractivity contribution >= 4 is 0 Å². The van der Waals surface area contributed by atoms with Crippen LogP contribution in [0.15, 0.2) is 24.3 Å². The van der Waals surface area contributed by atoms with Gasteiger partial charge in [0.2, 0.25) is 0 Å². The fourth-order valence-corrected chi connectivity index (χ4v) is 2.43. The van der Waals surface area contributed by atoms with Crippen molar-refractivity contribution in [1.29, 1.82) is 0 Å². The number of aliphatic hydroxyl groups excluding tert-OH is 1. The van der Waals surface area contributed by atoms with Crippen LogP contribution in [-0.4, -0.2) is 36.2 Å². The number of nitrogens with zero attached hydrogens (tertiary/aromatic N) is 1. The first-order chi connectivity index (χ1) is 7.79. The Hall–Kier alpha value is -0.860. The van der Waals surface area contributed by atoms with Crippen LogP contribution in [0, 0.1) is 12.8 Å². The number of rotatable bonds is 4. The van der Waals surface area contributed by atoms with Gasteiger partial charge in [-0.2, -0.15) is 0 Å². The van der Waals surface area contributed by atoms with Crippen LogP contribution in [0.25, 0.3) is 0 Å². The molecule has 1 aromatic rings. The number of hydrogen-bond donors (Lipinski definition) is 1. The summed E-state index contributed by atoms with van der Waals surface area (Å²) < 4.78 is 0. The van der Waals surface area contributed by atoms with Gasteiger partial charge in [0.25, 0.3) is 0 Å². The molecule has 0 bridgehead atoms. The molecule has 0 aromatic heterocycles. The Labute approximate surface area is 97.9 Å². The predicted octanol–water partition coefficient (Wildman–Crippen LogP) is 1.85. The highest BCUT2D eigenvalue weighted by Gasteiger charge is 2.20. The molecule has 1 N–H and O–H groups in total. The molecular weight excluding hydrogens is 198 g/mol. The molecule has 2 nitrogen and oxygen atoms in total. The van der Waals surface area contributed by atoms with E-state index < -0.39 is 0 Å². The monoisotopic (exact) mass is 219 g/mol. The third kappa shape index (κ3) is 2.83. The number of hydrogen-bond acceptors (Lipinski definition) is 2. The van der Waals surface area contributed by atoms with Gasteiger partial charge in [-0.15, -0.1) is 0 Å². The van der Waals surface area contributed by atoms with Crippen molar-refractivity contribution in [2.24, 2.45) is 5.92 Å². The second kappa shape index (κ2) is 5.46. The molecule has 1 aliphatic rings. The lowest BCUT2D eigenvalue weighted by molar-refractivity contribution is 0.222. The summed E-state index contributed by atoms with van der Waals surface area (Å²) >= 11 is 0. The summed E-state index contributed by atoms with van der Waals surface area (Å²) in [6.45, 7) is 5.87. The molecule has 0 saturated carbocycles. The Morgan fingerprint density at radius 3 is 2.88 bits per heavy atom. The van der Waals surface area contributed by atoms with E-state index in [1.807, 2.05) is 0 Å². The third-order valence-electron chi connectivity index (χ3n) is 3.59. The van der Waals surface area contributed by atoms with Gasteiger partial charge in [-0.05, 0) is 43.4 Å². The number of likely N-dealkylation sites (tertiary alicyclic amines) is 1. The molecular formula is C14H21NO. The van der Waals surface area contributed by atoms with E-state index in [9.17, 15) is 0 Å². The predicted molar refractivity (Wildman–Crippen MR) is 66.5 cm³/mol. The molecule has 1 saturated heterocycles. The maximum absolute atomic E-state index is 9.09. The lowest BCUT2D eigenvalue weighted by Crippen LogP contribution is -2.24. The summed E-state index contributed by atoms with van der Waals surface area (Å²) in [6.07, 6.45) is 2.29. The Kier molecular flexibility index (Phi) is 3.97. The first-order valence-corrected chi connectivity index (χ1v) is 6.17. The minimum atomic E-state index is 0.348. The highest BCUT2D eigenvalue weighted by molar-refractivity contribution is 5.25. The Bertz CT molecular complexity index is 337. The van der Waals surface area contributed by atoms with Crippen molar-refractivity contribution < 1.29 is 5.11 Å². The maximum atomic E-state index is 9.09. The van der Waals surface area contributed by atoms with Crippen LogP contribution in [-0.2, 0) is 6.42 Å². The van der Waals surface area contributed by atoms with Gasteiger partial charge in [0, 0.05) is 19.7 Å². The molecule has 0 amide bonds. The molecule has 1 aliphatic heterocycles. The number of aryl methyl sites for hydroxylation is 1. The van der Waals surface area contributed by atoms with E-state index in [0.29, 0.717) is 12.5 Å². The zero-order valence-corrected chi connectivity index (χ0v) is 10.0. The molecule has 88 valence electrons. The first kappa shape index (κ1) is 11.6. The van der Waals surface area contributed by atoms with Crippen molar-refractivity contribution in [2.75, 3.05) is 26.2 Å². The van der Waals surface area contributed by atoms with Crippen LogP contribution < -0.4 is 0 Å². The topological polar surface area (TPSA) is 23.5 Å². The van der Waals surface area contributed by atoms with Gasteiger partial charge in [-0.3, -0.25) is 0 Å². The summed E-state index contributed by atoms with van der Waals surface area (Å²) in [5.74, 6) is 0.511. The zero-order valence-electron chi connectivity index (χ0n) is 10.0. The summed E-state index contributed by atoms with van der Waals surface area (Å²) in [4.78, 5) is 2.47. The molecule has 1 fully saturated rings. The minimum Gasteiger partial charge on any atom is -0.396 e. The summed E-state index contributed by atoms with van der Waals surface area (Å²) in [5, 5.41) is 9.09. The molecule has 16 heavy (non-hydrogen) atoms. The summed E-state index contributed by atoms with van der Waals surface area (Å²) in [7, 11) is 0. The largest absolute Gasteiger partial charge is 0.396 e. The highest BCUT2D eigenvalue weighted by atomic mass is 16.3. The van der Waals surface area contributed by atoms with Crippen molar-refractivity contribution in [3.63, 3.8) is 0 Å². The van der Waals surface area contributed by atoms with Crippen LogP contribution in [0.3, 0.4) is 0 Å². The molecule has 1 atom stereocenters. The first-order valence-electron chi connectivity index (χ1n) is 6.17. The summed E-state index contributed by atoms with van der Waals surface area (Å²) in [6, 6.07) is 8.60. The van der Waals surface area contributed by atoms with E-state index >= 15 is 0 Å². The Morgan fingerprint density at radius 2 is 2.19 bits per heavy atom. The molecule has 2 heteroatoms. The van der Waals surface area contributed by atoms with Gasteiger partial charge in [-0.1, -0.05) is 24.3 Å². The van der Waals surface area contributed by atoms with Gasteiger partial charge >= 0.3 is 0 Å². The van der Waals surface area contributed by atoms with Crippen molar-refractivity contribution in [1.82, 2.24) is 4.90 Å². The second-order valence-corrected chi connectivity index (χ2v) is 4.81. The van der Waals surface area contributed by atoms with E-state index in [2.05, 4.69) is 36.1 Å². The van der Waals surface area contributed by atoms with E-state index in [1.165, 1.54) is 11.1 Å². The van der Waals surface area contributed by atoms with Gasteiger partial charge in [-0.25, -0.2) is 0 Å². The van der Waals surface area contributed by atoms with Crippen LogP contribution in [0.5, 0.6) is 0 Å². The Balaban J connectivity index is 1.82. The zero-order chi connectivity index (χ0) is 11.4. The van der Waals surface area contributed by atoms with E-state index in [0.717, 1.165) is 32.5 Å². The lowest BCUT2D eigenvalue weighted by atomic mass is 10.1. The third-order valence-corrected chi connectivity index (χ3v) is 3.59. The van der Waals surface area contributed by atoms with Crippen LogP contribution in [0.4, 0.5) is 0 Å². The number of aliphatic hydroxyl groups is 1. The molecule has 1 aromatic carbocycles. The van der Waals surface area contributed by atoms with Crippen molar-refractivity contribution in [3.8, 4) is 0 Å². The maximum Gasteiger partial charge on any atom is 0.0471 e. The van der Waals surface area contributed by atoms with Gasteiger partial charge < -0.3 is 10.0 Å². The minimum absolute atomic E-state index is 0.348. The van der Waals surface area contributed by atoms with E-state index in [4.69, 9.17) is 5.11 Å². The quantitative estimate of drug-likeness (QED) is 0.835. The van der Waals surface area contributed by atoms with Crippen molar-refractivity contribution in [3.05, 3.63) is 35.4 Å². The van der Waals surface area contributed by atoms with E-state index in [-0.39, 0.29) is 0 Å². The van der Waals surface area contributed by atoms with Crippen LogP contribution in [0.2, 0.25) is 0 Å². The molecule has 1 unspecified atom stereocenters. The fraction of sp³-hybridized carbons (Fsp3) is 0.571. The molecule has 0 spiro atoms. The van der Waals surface area contributed by atoms with Crippen molar-refractivity contribution in [2.45, 2.75) is 19.8 Å². The Morgan fingerprint density at radius 1 is 1.38 bits per heavy atom. The molecule has 0 aliphatic carbocycles. The standard InChI is InChI=1S/C14H21NO/c1-12-4-2-3-5-14(12)7-9-15-8-6-13(10-15)11-16/h2-5,13,16H,6-11H2,1H3. The van der Waals surface area contributed by atoms with Gasteiger partial charge in [0.05, 0.1) is 0 Å². The summed E-state index contributed by atoms with van der Waals surface area (Å²) in [5.41, 5.74) is 2.84.